The van der Waals surface area contributed by atoms with Crippen molar-refractivity contribution in [3.8, 4) is 0 Å². The summed E-state index contributed by atoms with van der Waals surface area (Å²) >= 11 is 2.83. The highest BCUT2D eigenvalue weighted by Crippen LogP contribution is 2.26. The molecule has 0 aliphatic rings. The number of hydrogen-bond acceptors (Lipinski definition) is 7. The molecule has 4 rings (SSSR count). The smallest absolute Gasteiger partial charge is 0.272 e. The van der Waals surface area contributed by atoms with Crippen molar-refractivity contribution >= 4 is 58.4 Å². The van der Waals surface area contributed by atoms with E-state index >= 15 is 0 Å². The first-order valence-electron chi connectivity index (χ1n) is 11.3. The number of rotatable bonds is 9. The Morgan fingerprint density at radius 1 is 1.00 bits per heavy atom. The molecule has 0 aliphatic heterocycles. The number of nitrogens with zero attached hydrogens (tertiary/aromatic N) is 1. The summed E-state index contributed by atoms with van der Waals surface area (Å²) in [7, 11) is 0. The van der Waals surface area contributed by atoms with Crippen molar-refractivity contribution in [2.24, 2.45) is 0 Å². The minimum Gasteiger partial charge on any atom is -0.360 e. The molecule has 0 bridgehead atoms. The minimum atomic E-state index is -0.450. The molecule has 2 heterocycles. The second-order valence-corrected chi connectivity index (χ2v) is 10.3. The van der Waals surface area contributed by atoms with Crippen molar-refractivity contribution in [2.45, 2.75) is 24.0 Å². The highest BCUT2D eigenvalue weighted by Gasteiger charge is 2.17. The molecule has 188 valence electrons. The summed E-state index contributed by atoms with van der Waals surface area (Å²) in [6, 6.07) is 21.2. The number of aromatic nitrogens is 1. The van der Waals surface area contributed by atoms with Crippen molar-refractivity contribution in [3.05, 3.63) is 100 Å². The highest BCUT2D eigenvalue weighted by atomic mass is 32.2. The van der Waals surface area contributed by atoms with Crippen LogP contribution in [-0.4, -0.2) is 28.1 Å². The predicted octanol–water partition coefficient (Wildman–Crippen LogP) is 5.57. The van der Waals surface area contributed by atoms with Crippen molar-refractivity contribution in [3.63, 3.8) is 0 Å². The van der Waals surface area contributed by atoms with E-state index in [9.17, 15) is 14.4 Å². The number of carbonyl (C=O) groups is 3. The van der Waals surface area contributed by atoms with Gasteiger partial charge in [-0.2, -0.15) is 0 Å². The predicted molar refractivity (Wildman–Crippen MR) is 146 cm³/mol. The van der Waals surface area contributed by atoms with Crippen LogP contribution in [0.1, 0.15) is 27.9 Å². The molecule has 1 atom stereocenters. The van der Waals surface area contributed by atoms with Crippen molar-refractivity contribution in [1.82, 2.24) is 10.5 Å². The quantitative estimate of drug-likeness (QED) is 0.192. The summed E-state index contributed by atoms with van der Waals surface area (Å²) in [4.78, 5) is 39.9. The van der Waals surface area contributed by atoms with Crippen molar-refractivity contribution in [1.29, 1.82) is 0 Å². The van der Waals surface area contributed by atoms with E-state index in [0.717, 1.165) is 9.77 Å². The summed E-state index contributed by atoms with van der Waals surface area (Å²) in [5.74, 6) is -0.0414. The number of aryl methyl sites for hydroxylation is 1. The number of nitrogens with one attached hydrogen (secondary N) is 3. The van der Waals surface area contributed by atoms with Gasteiger partial charge in [-0.15, -0.1) is 23.1 Å². The van der Waals surface area contributed by atoms with Crippen LogP contribution in [0, 0.1) is 6.92 Å². The number of thioether (sulfide) groups is 1. The Kier molecular flexibility index (Phi) is 8.55. The average molecular weight is 533 g/mol. The van der Waals surface area contributed by atoms with Gasteiger partial charge >= 0.3 is 0 Å². The van der Waals surface area contributed by atoms with Gasteiger partial charge in [-0.1, -0.05) is 29.4 Å². The Labute approximate surface area is 222 Å². The fraction of sp³-hybridized carbons (Fsp3) is 0.111. The van der Waals surface area contributed by atoms with Gasteiger partial charge in [0.25, 0.3) is 11.8 Å². The molecule has 10 heteroatoms. The third-order valence-corrected chi connectivity index (χ3v) is 6.96. The molecule has 0 saturated heterocycles. The van der Waals surface area contributed by atoms with Gasteiger partial charge in [0.05, 0.1) is 5.25 Å². The lowest BCUT2D eigenvalue weighted by Gasteiger charge is -2.13. The van der Waals surface area contributed by atoms with E-state index in [4.69, 9.17) is 4.52 Å². The summed E-state index contributed by atoms with van der Waals surface area (Å²) in [5, 5.41) is 13.5. The SMILES string of the molecule is Cc1cc(NC(=O)C(C)Sc2ccc(NC(=O)/C(=C/c3cccs3)NC(=O)c3ccccc3)cc2)no1. The van der Waals surface area contributed by atoms with Crippen LogP contribution in [0.2, 0.25) is 0 Å². The first-order valence-corrected chi connectivity index (χ1v) is 13.1. The summed E-state index contributed by atoms with van der Waals surface area (Å²) in [6.45, 7) is 3.54. The normalized spacial score (nSPS) is 12.0. The van der Waals surface area contributed by atoms with Gasteiger partial charge in [-0.05, 0) is 67.8 Å². The third-order valence-electron chi connectivity index (χ3n) is 5.03. The fourth-order valence-corrected chi connectivity index (χ4v) is 4.71. The van der Waals surface area contributed by atoms with Gasteiger partial charge < -0.3 is 20.5 Å². The van der Waals surface area contributed by atoms with E-state index in [1.54, 1.807) is 62.4 Å². The molecule has 0 aliphatic carbocycles. The molecule has 1 unspecified atom stereocenters. The topological polar surface area (TPSA) is 113 Å². The van der Waals surface area contributed by atoms with Crippen molar-refractivity contribution in [2.75, 3.05) is 10.6 Å². The molecule has 0 spiro atoms. The summed E-state index contributed by atoms with van der Waals surface area (Å²) < 4.78 is 4.97. The maximum Gasteiger partial charge on any atom is 0.272 e. The Hall–Kier alpha value is -4.15. The first-order chi connectivity index (χ1) is 17.9. The van der Waals surface area contributed by atoms with Gasteiger partial charge in [-0.3, -0.25) is 14.4 Å². The number of benzene rings is 2. The lowest BCUT2D eigenvalue weighted by atomic mass is 10.2. The second kappa shape index (κ2) is 12.2. The molecule has 2 aromatic heterocycles. The van der Waals surface area contributed by atoms with Crippen molar-refractivity contribution < 1.29 is 18.9 Å². The van der Waals surface area contributed by atoms with E-state index < -0.39 is 5.91 Å². The van der Waals surface area contributed by atoms with Crippen LogP contribution in [0.15, 0.2) is 93.3 Å². The second-order valence-electron chi connectivity index (χ2n) is 7.94. The zero-order valence-corrected chi connectivity index (χ0v) is 21.7. The van der Waals surface area contributed by atoms with Gasteiger partial charge in [0.15, 0.2) is 5.82 Å². The number of thiophene rings is 1. The highest BCUT2D eigenvalue weighted by molar-refractivity contribution is 8.00. The fourth-order valence-electron chi connectivity index (χ4n) is 3.18. The van der Waals surface area contributed by atoms with Crippen LogP contribution >= 0.6 is 23.1 Å². The largest absolute Gasteiger partial charge is 0.360 e. The third kappa shape index (κ3) is 7.42. The molecule has 2 aromatic carbocycles. The van der Waals surface area contributed by atoms with E-state index in [0.29, 0.717) is 22.8 Å². The summed E-state index contributed by atoms with van der Waals surface area (Å²) in [5.41, 5.74) is 1.13. The van der Waals surface area contributed by atoms with Crippen LogP contribution < -0.4 is 16.0 Å². The Morgan fingerprint density at radius 2 is 1.76 bits per heavy atom. The molecular weight excluding hydrogens is 508 g/mol. The van der Waals surface area contributed by atoms with E-state index in [1.165, 1.54) is 23.1 Å². The monoisotopic (exact) mass is 532 g/mol. The Bertz CT molecular complexity index is 1400. The molecule has 0 saturated carbocycles. The molecule has 3 amide bonds. The zero-order valence-electron chi connectivity index (χ0n) is 20.1. The Morgan fingerprint density at radius 3 is 2.41 bits per heavy atom. The van der Waals surface area contributed by atoms with Gasteiger partial charge in [0, 0.05) is 27.1 Å². The molecule has 3 N–H and O–H groups in total. The number of hydrogen-bond donors (Lipinski definition) is 3. The van der Waals surface area contributed by atoms with E-state index in [1.807, 2.05) is 35.7 Å². The molecule has 4 aromatic rings. The van der Waals surface area contributed by atoms with Crippen LogP contribution in [0.4, 0.5) is 11.5 Å². The maximum atomic E-state index is 13.1. The van der Waals surface area contributed by atoms with Gasteiger partial charge in [0.1, 0.15) is 11.5 Å². The van der Waals surface area contributed by atoms with Crippen LogP contribution in [-0.2, 0) is 9.59 Å². The minimum absolute atomic E-state index is 0.128. The van der Waals surface area contributed by atoms with E-state index in [-0.39, 0.29) is 22.8 Å². The standard InChI is InChI=1S/C27H24N4O4S2/c1-17-15-24(31-35-17)30-25(32)18(2)37-21-12-10-20(11-13-21)28-27(34)23(16-22-9-6-14-36-22)29-26(33)19-7-4-3-5-8-19/h3-16,18H,1-2H3,(H,28,34)(H,29,33)(H,30,31,32)/b23-16-. The lowest BCUT2D eigenvalue weighted by Crippen LogP contribution is -2.30. The molecule has 8 nitrogen and oxygen atoms in total. The first kappa shape index (κ1) is 25.9. The molecular formula is C27H24N4O4S2. The molecule has 0 radical (unpaired) electrons. The number of anilines is 2. The lowest BCUT2D eigenvalue weighted by molar-refractivity contribution is -0.115. The van der Waals surface area contributed by atoms with Crippen LogP contribution in [0.5, 0.6) is 0 Å². The van der Waals surface area contributed by atoms with Crippen LogP contribution in [0.25, 0.3) is 6.08 Å². The number of amides is 3. The molecule has 37 heavy (non-hydrogen) atoms. The van der Waals surface area contributed by atoms with Gasteiger partial charge in [0.2, 0.25) is 5.91 Å². The maximum absolute atomic E-state index is 13.1. The summed E-state index contributed by atoms with van der Waals surface area (Å²) in [6.07, 6.45) is 1.64. The average Bonchev–Trinajstić information content (AvgIpc) is 3.56. The number of carbonyl (C=O) groups excluding carboxylic acids is 3. The van der Waals surface area contributed by atoms with Gasteiger partial charge in [-0.25, -0.2) is 0 Å². The van der Waals surface area contributed by atoms with Crippen LogP contribution in [0.3, 0.4) is 0 Å². The zero-order chi connectivity index (χ0) is 26.2. The van der Waals surface area contributed by atoms with E-state index in [2.05, 4.69) is 21.1 Å². The molecule has 0 fully saturated rings. The Balaban J connectivity index is 1.39.